The van der Waals surface area contributed by atoms with E-state index in [1.165, 1.54) is 11.3 Å². The van der Waals surface area contributed by atoms with Crippen LogP contribution in [0.3, 0.4) is 0 Å². The Labute approximate surface area is 117 Å². The first-order valence-electron chi connectivity index (χ1n) is 5.99. The van der Waals surface area contributed by atoms with Gasteiger partial charge >= 0.3 is 5.97 Å². The highest BCUT2D eigenvalue weighted by Gasteiger charge is 2.16. The van der Waals surface area contributed by atoms with Gasteiger partial charge in [-0.05, 0) is 26.5 Å². The summed E-state index contributed by atoms with van der Waals surface area (Å²) in [4.78, 5) is 16.8. The van der Waals surface area contributed by atoms with E-state index < -0.39 is 0 Å². The lowest BCUT2D eigenvalue weighted by atomic mass is 10.3. The summed E-state index contributed by atoms with van der Waals surface area (Å²) >= 11 is 3.35. The number of thioether (sulfide) groups is 1. The Bertz CT molecular complexity index is 393. The van der Waals surface area contributed by atoms with Crippen LogP contribution >= 0.6 is 23.1 Å². The fourth-order valence-corrected chi connectivity index (χ4v) is 2.54. The molecule has 0 fully saturated rings. The van der Waals surface area contributed by atoms with Gasteiger partial charge in [0.05, 0.1) is 6.61 Å². The van der Waals surface area contributed by atoms with Crippen molar-refractivity contribution < 1.29 is 9.53 Å². The van der Waals surface area contributed by atoms with E-state index in [2.05, 4.69) is 23.5 Å². The summed E-state index contributed by atoms with van der Waals surface area (Å²) in [6.07, 6.45) is 3.19. The molecule has 1 N–H and O–H groups in total. The van der Waals surface area contributed by atoms with Crippen LogP contribution in [0.2, 0.25) is 0 Å². The molecule has 0 radical (unpaired) electrons. The maximum absolute atomic E-state index is 11.6. The molecule has 0 amide bonds. The van der Waals surface area contributed by atoms with Crippen LogP contribution in [0.25, 0.3) is 0 Å². The van der Waals surface area contributed by atoms with Gasteiger partial charge in [-0.1, -0.05) is 6.92 Å². The van der Waals surface area contributed by atoms with Crippen molar-refractivity contribution in [3.05, 3.63) is 10.6 Å². The van der Waals surface area contributed by atoms with Crippen molar-refractivity contribution in [2.45, 2.75) is 32.4 Å². The van der Waals surface area contributed by atoms with Gasteiger partial charge < -0.3 is 10.1 Å². The lowest BCUT2D eigenvalue weighted by Gasteiger charge is -2.07. The summed E-state index contributed by atoms with van der Waals surface area (Å²) in [5.41, 5.74) is 0.433. The molecule has 102 valence electrons. The summed E-state index contributed by atoms with van der Waals surface area (Å²) in [6.45, 7) is 7.13. The third-order valence-corrected chi connectivity index (χ3v) is 4.46. The smallest absolute Gasteiger partial charge is 0.358 e. The summed E-state index contributed by atoms with van der Waals surface area (Å²) in [5, 5.41) is 4.68. The minimum Gasteiger partial charge on any atom is -0.461 e. The number of aryl methyl sites for hydroxylation is 1. The zero-order chi connectivity index (χ0) is 13.5. The first-order chi connectivity index (χ1) is 8.58. The second-order valence-corrected chi connectivity index (χ2v) is 6.39. The topological polar surface area (TPSA) is 51.2 Å². The maximum Gasteiger partial charge on any atom is 0.358 e. The van der Waals surface area contributed by atoms with Gasteiger partial charge in [-0.2, -0.15) is 11.8 Å². The van der Waals surface area contributed by atoms with Crippen LogP contribution in [0.5, 0.6) is 0 Å². The molecule has 0 aliphatic carbocycles. The van der Waals surface area contributed by atoms with Gasteiger partial charge in [0.1, 0.15) is 0 Å². The normalized spacial score (nSPS) is 12.2. The molecule has 1 rings (SSSR count). The molecule has 1 aromatic rings. The van der Waals surface area contributed by atoms with Crippen molar-refractivity contribution in [2.24, 2.45) is 0 Å². The number of nitrogens with one attached hydrogen (secondary N) is 1. The number of ether oxygens (including phenoxy) is 1. The van der Waals surface area contributed by atoms with Crippen LogP contribution in [0.15, 0.2) is 0 Å². The molecule has 0 aliphatic heterocycles. The second-order valence-electron chi connectivity index (χ2n) is 3.91. The first kappa shape index (κ1) is 15.3. The quantitative estimate of drug-likeness (QED) is 0.781. The zero-order valence-corrected chi connectivity index (χ0v) is 12.9. The number of carbonyl (C=O) groups excluding carboxylic acids is 1. The standard InChI is InChI=1S/C12H20N2O2S2/c1-5-16-11(15)10-9(3)18-12(14-10)13-7-6-8(2)17-4/h8H,5-7H2,1-4H3,(H,13,14). The van der Waals surface area contributed by atoms with Crippen LogP contribution in [0, 0.1) is 6.92 Å². The van der Waals surface area contributed by atoms with E-state index in [4.69, 9.17) is 4.74 Å². The van der Waals surface area contributed by atoms with Gasteiger partial charge in [0.25, 0.3) is 0 Å². The third kappa shape index (κ3) is 4.49. The van der Waals surface area contributed by atoms with E-state index in [9.17, 15) is 4.79 Å². The predicted molar refractivity (Wildman–Crippen MR) is 78.9 cm³/mol. The second kappa shape index (κ2) is 7.63. The van der Waals surface area contributed by atoms with Crippen LogP contribution in [-0.4, -0.2) is 35.6 Å². The zero-order valence-electron chi connectivity index (χ0n) is 11.3. The van der Waals surface area contributed by atoms with Crippen LogP contribution in [0.4, 0.5) is 5.13 Å². The maximum atomic E-state index is 11.6. The first-order valence-corrected chi connectivity index (χ1v) is 8.10. The monoisotopic (exact) mass is 288 g/mol. The summed E-state index contributed by atoms with van der Waals surface area (Å²) in [7, 11) is 0. The van der Waals surface area contributed by atoms with Gasteiger partial charge in [0, 0.05) is 16.7 Å². The van der Waals surface area contributed by atoms with Gasteiger partial charge in [-0.3, -0.25) is 0 Å². The highest BCUT2D eigenvalue weighted by Crippen LogP contribution is 2.23. The lowest BCUT2D eigenvalue weighted by Crippen LogP contribution is -2.09. The molecule has 1 unspecified atom stereocenters. The van der Waals surface area contributed by atoms with Crippen molar-refractivity contribution in [1.29, 1.82) is 0 Å². The molecule has 18 heavy (non-hydrogen) atoms. The number of thiazole rings is 1. The molecule has 4 nitrogen and oxygen atoms in total. The minimum absolute atomic E-state index is 0.336. The molecule has 1 heterocycles. The van der Waals surface area contributed by atoms with Crippen molar-refractivity contribution in [3.63, 3.8) is 0 Å². The highest BCUT2D eigenvalue weighted by molar-refractivity contribution is 7.99. The molecule has 6 heteroatoms. The van der Waals surface area contributed by atoms with Crippen molar-refractivity contribution in [3.8, 4) is 0 Å². The number of hydrogen-bond acceptors (Lipinski definition) is 6. The van der Waals surface area contributed by atoms with E-state index in [1.54, 1.807) is 6.92 Å². The number of aromatic nitrogens is 1. The average Bonchev–Trinajstić information content (AvgIpc) is 2.70. The van der Waals surface area contributed by atoms with Gasteiger partial charge in [-0.25, -0.2) is 9.78 Å². The molecular weight excluding hydrogens is 268 g/mol. The Hall–Kier alpha value is -0.750. The fourth-order valence-electron chi connectivity index (χ4n) is 1.36. The molecule has 0 aliphatic rings. The Morgan fingerprint density at radius 2 is 2.33 bits per heavy atom. The number of anilines is 1. The van der Waals surface area contributed by atoms with Gasteiger partial charge in [-0.15, -0.1) is 11.3 Å². The summed E-state index contributed by atoms with van der Waals surface area (Å²) in [6, 6.07) is 0. The van der Waals surface area contributed by atoms with E-state index in [0.29, 0.717) is 17.6 Å². The minimum atomic E-state index is -0.336. The summed E-state index contributed by atoms with van der Waals surface area (Å²) in [5.74, 6) is -0.336. The van der Waals surface area contributed by atoms with Crippen molar-refractivity contribution in [1.82, 2.24) is 4.98 Å². The van der Waals surface area contributed by atoms with E-state index in [1.807, 2.05) is 18.7 Å². The highest BCUT2D eigenvalue weighted by atomic mass is 32.2. The Morgan fingerprint density at radius 1 is 1.61 bits per heavy atom. The van der Waals surface area contributed by atoms with E-state index in [-0.39, 0.29) is 5.97 Å². The molecule has 0 spiro atoms. The van der Waals surface area contributed by atoms with Crippen LogP contribution < -0.4 is 5.32 Å². The summed E-state index contributed by atoms with van der Waals surface area (Å²) < 4.78 is 4.96. The number of nitrogens with zero attached hydrogens (tertiary/aromatic N) is 1. The molecule has 0 saturated heterocycles. The molecule has 0 aromatic carbocycles. The largest absolute Gasteiger partial charge is 0.461 e. The molecular formula is C12H20N2O2S2. The number of rotatable bonds is 7. The van der Waals surface area contributed by atoms with Crippen molar-refractivity contribution in [2.75, 3.05) is 24.7 Å². The van der Waals surface area contributed by atoms with Gasteiger partial charge in [0.15, 0.2) is 10.8 Å². The lowest BCUT2D eigenvalue weighted by molar-refractivity contribution is 0.0519. The van der Waals surface area contributed by atoms with Crippen LogP contribution in [-0.2, 0) is 4.74 Å². The molecule has 1 aromatic heterocycles. The fraction of sp³-hybridized carbons (Fsp3) is 0.667. The van der Waals surface area contributed by atoms with Crippen LogP contribution in [0.1, 0.15) is 35.6 Å². The average molecular weight is 288 g/mol. The Kier molecular flexibility index (Phi) is 6.49. The third-order valence-electron chi connectivity index (χ3n) is 2.49. The van der Waals surface area contributed by atoms with E-state index in [0.717, 1.165) is 23.0 Å². The number of esters is 1. The molecule has 0 bridgehead atoms. The Balaban J connectivity index is 2.53. The SMILES string of the molecule is CCOC(=O)c1nc(NCCC(C)SC)sc1C. The van der Waals surface area contributed by atoms with E-state index >= 15 is 0 Å². The number of hydrogen-bond donors (Lipinski definition) is 1. The predicted octanol–water partition coefficient (Wildman–Crippen LogP) is 3.18. The molecule has 0 saturated carbocycles. The van der Waals surface area contributed by atoms with Gasteiger partial charge in [0.2, 0.25) is 0 Å². The number of carbonyl (C=O) groups is 1. The molecule has 1 atom stereocenters. The van der Waals surface area contributed by atoms with Crippen molar-refractivity contribution >= 4 is 34.2 Å². The Morgan fingerprint density at radius 3 is 2.94 bits per heavy atom.